The molecule has 2 aromatic carbocycles. The van der Waals surface area contributed by atoms with Crippen molar-refractivity contribution < 1.29 is 9.53 Å². The zero-order valence-electron chi connectivity index (χ0n) is 12.6. The van der Waals surface area contributed by atoms with Crippen molar-refractivity contribution in [3.05, 3.63) is 53.6 Å². The maximum atomic E-state index is 11.4. The monoisotopic (exact) mass is 284 g/mol. The van der Waals surface area contributed by atoms with Gasteiger partial charge in [-0.25, -0.2) is 4.79 Å². The SMILES string of the molecule is COC(=O)c1ccc(-c2cc(N)cc(CN(C)C)c2)cc1. The summed E-state index contributed by atoms with van der Waals surface area (Å²) in [6, 6.07) is 13.4. The van der Waals surface area contributed by atoms with E-state index in [0.717, 1.165) is 28.9 Å². The molecule has 0 heterocycles. The number of esters is 1. The number of anilines is 1. The Morgan fingerprint density at radius 3 is 2.33 bits per heavy atom. The molecule has 2 aromatic rings. The van der Waals surface area contributed by atoms with Gasteiger partial charge in [-0.1, -0.05) is 12.1 Å². The van der Waals surface area contributed by atoms with Gasteiger partial charge in [-0.15, -0.1) is 0 Å². The Hall–Kier alpha value is -2.33. The number of methoxy groups -OCH3 is 1. The van der Waals surface area contributed by atoms with Crippen LogP contribution < -0.4 is 5.73 Å². The van der Waals surface area contributed by atoms with E-state index < -0.39 is 0 Å². The molecule has 0 aliphatic heterocycles. The number of nitrogens with two attached hydrogens (primary N) is 1. The fourth-order valence-corrected chi connectivity index (χ4v) is 2.26. The minimum atomic E-state index is -0.331. The molecule has 0 bridgehead atoms. The van der Waals surface area contributed by atoms with Crippen LogP contribution in [0.15, 0.2) is 42.5 Å². The van der Waals surface area contributed by atoms with Crippen molar-refractivity contribution in [2.45, 2.75) is 6.54 Å². The molecule has 0 aliphatic carbocycles. The predicted molar refractivity (Wildman–Crippen MR) is 85.0 cm³/mol. The first-order valence-electron chi connectivity index (χ1n) is 6.72. The summed E-state index contributed by atoms with van der Waals surface area (Å²) in [7, 11) is 5.42. The molecule has 2 N–H and O–H groups in total. The van der Waals surface area contributed by atoms with Crippen LogP contribution in [-0.4, -0.2) is 32.1 Å². The van der Waals surface area contributed by atoms with Gasteiger partial charge in [-0.2, -0.15) is 0 Å². The number of nitrogen functional groups attached to an aromatic ring is 1. The van der Waals surface area contributed by atoms with Gasteiger partial charge in [-0.05, 0) is 61.1 Å². The quantitative estimate of drug-likeness (QED) is 0.693. The first kappa shape index (κ1) is 15.1. The molecule has 110 valence electrons. The second-order valence-corrected chi connectivity index (χ2v) is 5.27. The molecule has 0 fully saturated rings. The normalized spacial score (nSPS) is 10.7. The molecule has 4 heteroatoms. The van der Waals surface area contributed by atoms with E-state index in [4.69, 9.17) is 10.5 Å². The van der Waals surface area contributed by atoms with E-state index >= 15 is 0 Å². The Labute approximate surface area is 125 Å². The van der Waals surface area contributed by atoms with Crippen LogP contribution >= 0.6 is 0 Å². The molecular weight excluding hydrogens is 264 g/mol. The number of ether oxygens (including phenoxy) is 1. The van der Waals surface area contributed by atoms with Crippen LogP contribution in [0, 0.1) is 0 Å². The Bertz CT molecular complexity index is 634. The second-order valence-electron chi connectivity index (χ2n) is 5.27. The van der Waals surface area contributed by atoms with Crippen molar-refractivity contribution in [1.29, 1.82) is 0 Å². The molecule has 0 radical (unpaired) electrons. The van der Waals surface area contributed by atoms with E-state index in [1.165, 1.54) is 7.11 Å². The van der Waals surface area contributed by atoms with Crippen molar-refractivity contribution in [1.82, 2.24) is 4.90 Å². The van der Waals surface area contributed by atoms with Crippen LogP contribution in [0.4, 0.5) is 5.69 Å². The molecule has 0 spiro atoms. The number of hydrogen-bond donors (Lipinski definition) is 1. The highest BCUT2D eigenvalue weighted by Gasteiger charge is 2.07. The van der Waals surface area contributed by atoms with Crippen molar-refractivity contribution in [2.24, 2.45) is 0 Å². The summed E-state index contributed by atoms with van der Waals surface area (Å²) in [4.78, 5) is 13.5. The van der Waals surface area contributed by atoms with Crippen LogP contribution in [-0.2, 0) is 11.3 Å². The molecule has 2 rings (SSSR count). The highest BCUT2D eigenvalue weighted by molar-refractivity contribution is 5.90. The highest BCUT2D eigenvalue weighted by Crippen LogP contribution is 2.24. The summed E-state index contributed by atoms with van der Waals surface area (Å²) in [5.41, 5.74) is 10.5. The van der Waals surface area contributed by atoms with Gasteiger partial charge in [0.2, 0.25) is 0 Å². The summed E-state index contributed by atoms with van der Waals surface area (Å²) < 4.78 is 4.70. The lowest BCUT2D eigenvalue weighted by Crippen LogP contribution is -2.10. The van der Waals surface area contributed by atoms with E-state index in [1.54, 1.807) is 12.1 Å². The van der Waals surface area contributed by atoms with Crippen molar-refractivity contribution in [3.63, 3.8) is 0 Å². The topological polar surface area (TPSA) is 55.6 Å². The summed E-state index contributed by atoms with van der Waals surface area (Å²) in [6.07, 6.45) is 0. The average Bonchev–Trinajstić information content (AvgIpc) is 2.45. The first-order chi connectivity index (χ1) is 9.99. The Balaban J connectivity index is 2.33. The van der Waals surface area contributed by atoms with Gasteiger partial charge in [0, 0.05) is 12.2 Å². The molecule has 0 saturated carbocycles. The van der Waals surface area contributed by atoms with E-state index in [0.29, 0.717) is 5.56 Å². The van der Waals surface area contributed by atoms with Crippen molar-refractivity contribution in [3.8, 4) is 11.1 Å². The average molecular weight is 284 g/mol. The van der Waals surface area contributed by atoms with Gasteiger partial charge in [0.1, 0.15) is 0 Å². The van der Waals surface area contributed by atoms with Gasteiger partial charge < -0.3 is 15.4 Å². The molecule has 0 unspecified atom stereocenters. The van der Waals surface area contributed by atoms with Crippen molar-refractivity contribution >= 4 is 11.7 Å². The van der Waals surface area contributed by atoms with Crippen molar-refractivity contribution in [2.75, 3.05) is 26.9 Å². The second kappa shape index (κ2) is 6.41. The van der Waals surface area contributed by atoms with Gasteiger partial charge >= 0.3 is 5.97 Å². The number of rotatable bonds is 4. The molecule has 0 aromatic heterocycles. The third-order valence-electron chi connectivity index (χ3n) is 3.15. The number of hydrogen-bond acceptors (Lipinski definition) is 4. The Morgan fingerprint density at radius 1 is 1.10 bits per heavy atom. The summed E-state index contributed by atoms with van der Waals surface area (Å²) in [6.45, 7) is 0.832. The van der Waals surface area contributed by atoms with Crippen LogP contribution in [0.2, 0.25) is 0 Å². The molecule has 0 aliphatic rings. The molecule has 0 saturated heterocycles. The highest BCUT2D eigenvalue weighted by atomic mass is 16.5. The number of nitrogens with zero attached hydrogens (tertiary/aromatic N) is 1. The lowest BCUT2D eigenvalue weighted by molar-refractivity contribution is 0.0601. The lowest BCUT2D eigenvalue weighted by Gasteiger charge is -2.12. The number of benzene rings is 2. The van der Waals surface area contributed by atoms with Crippen LogP contribution in [0.3, 0.4) is 0 Å². The molecule has 0 atom stereocenters. The fourth-order valence-electron chi connectivity index (χ4n) is 2.26. The molecule has 4 nitrogen and oxygen atoms in total. The standard InChI is InChI=1S/C17H20N2O2/c1-19(2)11-12-8-15(10-16(18)9-12)13-4-6-14(7-5-13)17(20)21-3/h4-10H,11,18H2,1-3H3. The van der Waals surface area contributed by atoms with Gasteiger partial charge in [0.25, 0.3) is 0 Å². The zero-order valence-corrected chi connectivity index (χ0v) is 12.6. The predicted octanol–water partition coefficient (Wildman–Crippen LogP) is 2.78. The van der Waals surface area contributed by atoms with Gasteiger partial charge in [0.05, 0.1) is 12.7 Å². The Morgan fingerprint density at radius 2 is 1.76 bits per heavy atom. The maximum absolute atomic E-state index is 11.4. The maximum Gasteiger partial charge on any atom is 0.337 e. The van der Waals surface area contributed by atoms with Crippen LogP contribution in [0.25, 0.3) is 11.1 Å². The van der Waals surface area contributed by atoms with E-state index in [9.17, 15) is 4.79 Å². The Kier molecular flexibility index (Phi) is 4.60. The smallest absolute Gasteiger partial charge is 0.337 e. The summed E-state index contributed by atoms with van der Waals surface area (Å²) in [5.74, 6) is -0.331. The zero-order chi connectivity index (χ0) is 15.4. The molecule has 0 amide bonds. The summed E-state index contributed by atoms with van der Waals surface area (Å²) >= 11 is 0. The molecule has 21 heavy (non-hydrogen) atoms. The van der Waals surface area contributed by atoms with E-state index in [1.807, 2.05) is 38.4 Å². The minimum Gasteiger partial charge on any atom is -0.465 e. The van der Waals surface area contributed by atoms with Crippen LogP contribution in [0.5, 0.6) is 0 Å². The summed E-state index contributed by atoms with van der Waals surface area (Å²) in [5, 5.41) is 0. The number of carbonyl (C=O) groups excluding carboxylic acids is 1. The fraction of sp³-hybridized carbons (Fsp3) is 0.235. The third-order valence-corrected chi connectivity index (χ3v) is 3.15. The number of carbonyl (C=O) groups is 1. The lowest BCUT2D eigenvalue weighted by atomic mass is 10.0. The largest absolute Gasteiger partial charge is 0.465 e. The van der Waals surface area contributed by atoms with Crippen LogP contribution in [0.1, 0.15) is 15.9 Å². The third kappa shape index (κ3) is 3.83. The first-order valence-corrected chi connectivity index (χ1v) is 6.72. The van der Waals surface area contributed by atoms with Gasteiger partial charge in [0.15, 0.2) is 0 Å². The van der Waals surface area contributed by atoms with E-state index in [2.05, 4.69) is 11.0 Å². The minimum absolute atomic E-state index is 0.331. The molecular formula is C17H20N2O2. The van der Waals surface area contributed by atoms with Gasteiger partial charge in [-0.3, -0.25) is 0 Å². The van der Waals surface area contributed by atoms with E-state index in [-0.39, 0.29) is 5.97 Å².